The largest absolute Gasteiger partial charge is 0.381 e. The molecule has 10 heteroatoms. The number of carbonyl (C=O) groups is 1. The van der Waals surface area contributed by atoms with Crippen molar-refractivity contribution in [3.63, 3.8) is 0 Å². The normalized spacial score (nSPS) is 10.8. The predicted octanol–water partition coefficient (Wildman–Crippen LogP) is 2.18. The third-order valence-corrected chi connectivity index (χ3v) is 3.66. The van der Waals surface area contributed by atoms with Gasteiger partial charge < -0.3 is 20.0 Å². The number of nitro groups is 1. The molecule has 0 saturated carbocycles. The Kier molecular flexibility index (Phi) is 3.51. The first-order chi connectivity index (χ1) is 10.5. The molecule has 0 aliphatic rings. The smallest absolute Gasteiger partial charge is 0.358 e. The monoisotopic (exact) mass is 321 g/mol. The van der Waals surface area contributed by atoms with Gasteiger partial charge in [0.15, 0.2) is 5.13 Å². The number of imidazole rings is 1. The molecule has 0 radical (unpaired) electrons. The lowest BCUT2D eigenvalue weighted by Gasteiger charge is -2.00. The van der Waals surface area contributed by atoms with Gasteiger partial charge in [-0.3, -0.25) is 4.79 Å². The van der Waals surface area contributed by atoms with Gasteiger partial charge in [0.05, 0.1) is 10.2 Å². The van der Waals surface area contributed by atoms with Gasteiger partial charge >= 0.3 is 5.82 Å². The van der Waals surface area contributed by atoms with E-state index in [9.17, 15) is 19.3 Å². The van der Waals surface area contributed by atoms with Crippen molar-refractivity contribution in [3.8, 4) is 0 Å². The zero-order chi connectivity index (χ0) is 15.7. The van der Waals surface area contributed by atoms with E-state index in [1.807, 2.05) is 0 Å². The first-order valence-electron chi connectivity index (χ1n) is 6.03. The van der Waals surface area contributed by atoms with Crippen LogP contribution in [0.4, 0.5) is 15.3 Å². The molecule has 1 amide bonds. The summed E-state index contributed by atoms with van der Waals surface area (Å²) in [6, 6.07) is 4.15. The molecule has 0 bridgehead atoms. The minimum Gasteiger partial charge on any atom is -0.358 e. The highest BCUT2D eigenvalue weighted by Gasteiger charge is 2.13. The summed E-state index contributed by atoms with van der Waals surface area (Å²) < 4.78 is 15.0. The number of hydrogen-bond donors (Lipinski definition) is 1. The summed E-state index contributed by atoms with van der Waals surface area (Å²) in [7, 11) is 0. The van der Waals surface area contributed by atoms with E-state index in [2.05, 4.69) is 15.3 Å². The van der Waals surface area contributed by atoms with Crippen LogP contribution >= 0.6 is 11.3 Å². The zero-order valence-corrected chi connectivity index (χ0v) is 11.7. The van der Waals surface area contributed by atoms with Gasteiger partial charge in [-0.05, 0) is 28.1 Å². The number of nitrogens with one attached hydrogen (secondary N) is 1. The molecular formula is C12H8FN5O3S. The summed E-state index contributed by atoms with van der Waals surface area (Å²) in [4.78, 5) is 29.4. The van der Waals surface area contributed by atoms with Crippen molar-refractivity contribution in [2.45, 2.75) is 6.54 Å². The van der Waals surface area contributed by atoms with Crippen molar-refractivity contribution in [2.24, 2.45) is 0 Å². The molecule has 1 N–H and O–H groups in total. The van der Waals surface area contributed by atoms with Gasteiger partial charge in [0.1, 0.15) is 18.6 Å². The molecule has 0 fully saturated rings. The molecule has 0 saturated heterocycles. The van der Waals surface area contributed by atoms with Crippen LogP contribution < -0.4 is 5.32 Å². The first kappa shape index (κ1) is 14.1. The van der Waals surface area contributed by atoms with E-state index in [1.165, 1.54) is 29.1 Å². The number of rotatable bonds is 4. The summed E-state index contributed by atoms with van der Waals surface area (Å²) in [6.07, 6.45) is 2.36. The Balaban J connectivity index is 1.70. The highest BCUT2D eigenvalue weighted by atomic mass is 32.1. The average Bonchev–Trinajstić information content (AvgIpc) is 3.04. The quantitative estimate of drug-likeness (QED) is 0.586. The van der Waals surface area contributed by atoms with Crippen molar-refractivity contribution in [3.05, 3.63) is 46.7 Å². The second-order valence-electron chi connectivity index (χ2n) is 4.34. The molecule has 2 heterocycles. The predicted molar refractivity (Wildman–Crippen MR) is 77.1 cm³/mol. The number of thiazole rings is 1. The maximum absolute atomic E-state index is 13.1. The minimum absolute atomic E-state index is 0.134. The number of halogens is 1. The second-order valence-corrected chi connectivity index (χ2v) is 5.37. The Labute approximate surface area is 126 Å². The molecule has 0 aliphatic heterocycles. The lowest BCUT2D eigenvalue weighted by Crippen LogP contribution is -2.17. The first-order valence-corrected chi connectivity index (χ1v) is 6.85. The van der Waals surface area contributed by atoms with E-state index < -0.39 is 10.8 Å². The number of hydrogen-bond acceptors (Lipinski definition) is 6. The Morgan fingerprint density at radius 1 is 1.50 bits per heavy atom. The summed E-state index contributed by atoms with van der Waals surface area (Å²) in [6.45, 7) is -0.134. The van der Waals surface area contributed by atoms with E-state index in [0.717, 1.165) is 17.5 Å². The van der Waals surface area contributed by atoms with Crippen LogP contribution in [-0.2, 0) is 11.3 Å². The molecule has 0 atom stereocenters. The van der Waals surface area contributed by atoms with E-state index >= 15 is 0 Å². The molecule has 112 valence electrons. The summed E-state index contributed by atoms with van der Waals surface area (Å²) in [5, 5.41) is 13.4. The lowest BCUT2D eigenvalue weighted by atomic mass is 10.3. The van der Waals surface area contributed by atoms with Crippen molar-refractivity contribution in [1.82, 2.24) is 14.5 Å². The summed E-state index contributed by atoms with van der Waals surface area (Å²) >= 11 is 1.14. The number of anilines is 1. The van der Waals surface area contributed by atoms with Gasteiger partial charge in [0, 0.05) is 0 Å². The van der Waals surface area contributed by atoms with E-state index in [-0.39, 0.29) is 18.2 Å². The fourth-order valence-corrected chi connectivity index (χ4v) is 2.71. The van der Waals surface area contributed by atoms with Crippen LogP contribution in [0.3, 0.4) is 0 Å². The van der Waals surface area contributed by atoms with Crippen LogP contribution in [0.15, 0.2) is 30.7 Å². The number of benzene rings is 1. The molecule has 0 unspecified atom stereocenters. The fourth-order valence-electron chi connectivity index (χ4n) is 1.81. The van der Waals surface area contributed by atoms with Crippen LogP contribution in [0.5, 0.6) is 0 Å². The molecule has 1 aromatic carbocycles. The minimum atomic E-state index is -0.642. The highest BCUT2D eigenvalue weighted by Crippen LogP contribution is 2.26. The van der Waals surface area contributed by atoms with Gasteiger partial charge in [-0.1, -0.05) is 11.3 Å². The standard InChI is InChI=1S/C12H8FN5O3S/c13-7-1-2-8-9(3-7)22-12(15-8)16-11(19)5-17-4-10(14-6-17)18(20)21/h1-4,6H,5H2,(H,15,16,19). The van der Waals surface area contributed by atoms with E-state index in [0.29, 0.717) is 15.3 Å². The van der Waals surface area contributed by atoms with Crippen LogP contribution in [0.1, 0.15) is 0 Å². The van der Waals surface area contributed by atoms with E-state index in [4.69, 9.17) is 0 Å². The zero-order valence-electron chi connectivity index (χ0n) is 10.9. The van der Waals surface area contributed by atoms with Crippen molar-refractivity contribution in [1.29, 1.82) is 0 Å². The van der Waals surface area contributed by atoms with Crippen molar-refractivity contribution in [2.75, 3.05) is 5.32 Å². The van der Waals surface area contributed by atoms with E-state index in [1.54, 1.807) is 0 Å². The number of fused-ring (bicyclic) bond motifs is 1. The van der Waals surface area contributed by atoms with Gasteiger partial charge in [-0.2, -0.15) is 0 Å². The SMILES string of the molecule is O=C(Cn1cnc([N+](=O)[O-])c1)Nc1nc2ccc(F)cc2s1. The Morgan fingerprint density at radius 3 is 3.05 bits per heavy atom. The van der Waals surface area contributed by atoms with Crippen LogP contribution in [0.2, 0.25) is 0 Å². The summed E-state index contributed by atoms with van der Waals surface area (Å²) in [5.41, 5.74) is 0.583. The highest BCUT2D eigenvalue weighted by molar-refractivity contribution is 7.22. The van der Waals surface area contributed by atoms with Crippen LogP contribution in [0.25, 0.3) is 10.2 Å². The third kappa shape index (κ3) is 2.91. The maximum atomic E-state index is 13.1. The van der Waals surface area contributed by atoms with Gasteiger partial charge in [-0.25, -0.2) is 9.37 Å². The Bertz CT molecular complexity index is 875. The van der Waals surface area contributed by atoms with Gasteiger partial charge in [0.2, 0.25) is 12.2 Å². The molecule has 22 heavy (non-hydrogen) atoms. The molecule has 3 rings (SSSR count). The molecule has 2 aromatic heterocycles. The fraction of sp³-hybridized carbons (Fsp3) is 0.0833. The number of nitrogens with zero attached hydrogens (tertiary/aromatic N) is 4. The molecule has 3 aromatic rings. The lowest BCUT2D eigenvalue weighted by molar-refractivity contribution is -0.389. The molecule has 0 spiro atoms. The second kappa shape index (κ2) is 5.48. The molecular weight excluding hydrogens is 313 g/mol. The Morgan fingerprint density at radius 2 is 2.32 bits per heavy atom. The topological polar surface area (TPSA) is 103 Å². The molecule has 8 nitrogen and oxygen atoms in total. The van der Waals surface area contributed by atoms with Gasteiger partial charge in [0.25, 0.3) is 0 Å². The van der Waals surface area contributed by atoms with Crippen LogP contribution in [0, 0.1) is 15.9 Å². The number of aromatic nitrogens is 3. The maximum Gasteiger partial charge on any atom is 0.381 e. The van der Waals surface area contributed by atoms with Crippen molar-refractivity contribution >= 4 is 38.4 Å². The summed E-state index contributed by atoms with van der Waals surface area (Å²) in [5.74, 6) is -1.12. The van der Waals surface area contributed by atoms with Gasteiger partial charge in [-0.15, -0.1) is 0 Å². The number of carbonyl (C=O) groups excluding carboxylic acids is 1. The third-order valence-electron chi connectivity index (χ3n) is 2.73. The van der Waals surface area contributed by atoms with Crippen molar-refractivity contribution < 1.29 is 14.1 Å². The Hall–Kier alpha value is -2.88. The number of amides is 1. The average molecular weight is 321 g/mol. The molecule has 0 aliphatic carbocycles. The van der Waals surface area contributed by atoms with Crippen LogP contribution in [-0.4, -0.2) is 25.4 Å².